The Kier molecular flexibility index (Phi) is 16.8. The summed E-state index contributed by atoms with van der Waals surface area (Å²) in [6.07, 6.45) is 4.34. The van der Waals surface area contributed by atoms with Crippen molar-refractivity contribution < 1.29 is 38.1 Å². The molecule has 0 spiro atoms. The quantitative estimate of drug-likeness (QED) is 0.0675. The highest BCUT2D eigenvalue weighted by molar-refractivity contribution is 6.27. The monoisotopic (exact) mass is 826 g/mol. The van der Waals surface area contributed by atoms with Crippen LogP contribution in [0.15, 0.2) is 24.8 Å². The first-order valence-corrected chi connectivity index (χ1v) is 20.9. The zero-order valence-electron chi connectivity index (χ0n) is 36.3. The fraction of sp³-hybridized carbons (Fsp3) is 0.500. The number of hydrogen-bond acceptors (Lipinski definition) is 11. The van der Waals surface area contributed by atoms with Gasteiger partial charge in [-0.1, -0.05) is 26.5 Å². The summed E-state index contributed by atoms with van der Waals surface area (Å²) in [5.41, 5.74) is 17.0. The van der Waals surface area contributed by atoms with Crippen LogP contribution in [0.1, 0.15) is 109 Å². The topological polar surface area (TPSA) is 193 Å². The number of nitrogens with two attached hydrogens (primary N) is 1. The van der Waals surface area contributed by atoms with Gasteiger partial charge in [-0.3, -0.25) is 19.4 Å². The summed E-state index contributed by atoms with van der Waals surface area (Å²) in [5.74, 6) is -1.68. The smallest absolute Gasteiger partial charge is 0.310 e. The van der Waals surface area contributed by atoms with Gasteiger partial charge < -0.3 is 44.7 Å². The van der Waals surface area contributed by atoms with E-state index in [1.165, 1.54) is 14.2 Å². The Balaban J connectivity index is 1.61. The molecule has 0 radical (unpaired) electrons. The predicted molar refractivity (Wildman–Crippen MR) is 234 cm³/mol. The molecule has 2 aliphatic heterocycles. The van der Waals surface area contributed by atoms with Crippen molar-refractivity contribution >= 4 is 57.1 Å². The number of amides is 1. The number of hydrogen-bond donors (Lipinski definition) is 4. The van der Waals surface area contributed by atoms with Gasteiger partial charge in [0.15, 0.2) is 0 Å². The van der Waals surface area contributed by atoms with Crippen molar-refractivity contribution in [1.29, 1.82) is 0 Å². The van der Waals surface area contributed by atoms with Crippen molar-refractivity contribution in [2.45, 2.75) is 85.0 Å². The first-order chi connectivity index (χ1) is 29.0. The summed E-state index contributed by atoms with van der Waals surface area (Å²) in [4.78, 5) is 57.9. The van der Waals surface area contributed by atoms with Gasteiger partial charge in [0.1, 0.15) is 0 Å². The highest BCUT2D eigenvalue weighted by atomic mass is 16.5. The van der Waals surface area contributed by atoms with E-state index < -0.39 is 5.97 Å². The predicted octanol–water partition coefficient (Wildman–Crippen LogP) is 6.53. The first kappa shape index (κ1) is 45.9. The molecular formula is C46H62N6O8. The van der Waals surface area contributed by atoms with E-state index in [0.29, 0.717) is 99.4 Å². The van der Waals surface area contributed by atoms with Crippen LogP contribution in [0.5, 0.6) is 0 Å². The fourth-order valence-corrected chi connectivity index (χ4v) is 7.90. The van der Waals surface area contributed by atoms with E-state index >= 15 is 0 Å². The van der Waals surface area contributed by atoms with E-state index in [9.17, 15) is 14.4 Å². The van der Waals surface area contributed by atoms with Gasteiger partial charge in [0.25, 0.3) is 5.91 Å². The number of aryl methyl sites for hydroxylation is 3. The van der Waals surface area contributed by atoms with Crippen LogP contribution in [0.3, 0.4) is 0 Å². The first-order valence-electron chi connectivity index (χ1n) is 20.9. The Morgan fingerprint density at radius 2 is 1.48 bits per heavy atom. The SMILES string of the molecule is C=Cc1c(C)c2cc3nc(c(CC(=O)OC)c4nc(cc5[nH]c(cc1[nH]2)c(C)c5CC)C(C)=C4C(=O)NCCCOCCOCCOCCCN)C(CCC(=O)OC)C3C. The molecule has 5 rings (SSSR count). The zero-order chi connectivity index (χ0) is 43.3. The van der Waals surface area contributed by atoms with E-state index in [0.717, 1.165) is 62.9 Å². The molecule has 8 bridgehead atoms. The number of carbonyl (C=O) groups excluding carboxylic acids is 3. The average Bonchev–Trinajstić information content (AvgIpc) is 3.93. The minimum absolute atomic E-state index is 0.135. The Labute approximate surface area is 352 Å². The number of methoxy groups -OCH3 is 2. The third-order valence-corrected chi connectivity index (χ3v) is 11.4. The molecule has 0 aliphatic carbocycles. The molecule has 2 aliphatic rings. The molecule has 60 heavy (non-hydrogen) atoms. The lowest BCUT2D eigenvalue weighted by Crippen LogP contribution is -2.27. The molecule has 14 heteroatoms. The summed E-state index contributed by atoms with van der Waals surface area (Å²) in [6, 6.07) is 6.10. The molecule has 0 saturated carbocycles. The van der Waals surface area contributed by atoms with Gasteiger partial charge in [0, 0.05) is 76.9 Å². The number of nitrogens with one attached hydrogen (secondary N) is 3. The maximum absolute atomic E-state index is 14.4. The number of fused-ring (bicyclic) bond motifs is 8. The Morgan fingerprint density at radius 3 is 2.13 bits per heavy atom. The largest absolute Gasteiger partial charge is 0.469 e. The second-order valence-electron chi connectivity index (χ2n) is 15.1. The third kappa shape index (κ3) is 10.8. The number of esters is 2. The van der Waals surface area contributed by atoms with E-state index in [1.807, 2.05) is 32.1 Å². The second kappa shape index (κ2) is 21.9. The summed E-state index contributed by atoms with van der Waals surface area (Å²) in [7, 11) is 2.70. The number of allylic oxidation sites excluding steroid dienone is 1. The number of nitrogens with zero attached hydrogens (tertiary/aromatic N) is 2. The molecule has 5 heterocycles. The van der Waals surface area contributed by atoms with Crippen molar-refractivity contribution in [3.63, 3.8) is 0 Å². The van der Waals surface area contributed by atoms with E-state index in [4.69, 9.17) is 39.4 Å². The molecule has 2 unspecified atom stereocenters. The van der Waals surface area contributed by atoms with Crippen LogP contribution in [0.4, 0.5) is 0 Å². The standard InChI is InChI=1S/C46H62N6O8/c1-9-31-27(3)35-24-37-29(5)33(13-14-41(53)56-7)44(51-37)34(23-42(54)57-8)45-43(46(55)48-16-12-18-59-20-22-60-21-19-58-17-11-15-47)30(6)38(52-45)26-40-32(10-2)28(4)36(50-40)25-39(31)49-35/h9,24-26,29,33,49-50H,1,10-23,47H2,2-8H3,(H,48,55). The second-order valence-corrected chi connectivity index (χ2v) is 15.1. The van der Waals surface area contributed by atoms with Crippen LogP contribution in [0.25, 0.3) is 39.3 Å². The zero-order valence-corrected chi connectivity index (χ0v) is 36.3. The van der Waals surface area contributed by atoms with Crippen LogP contribution in [0.2, 0.25) is 0 Å². The average molecular weight is 827 g/mol. The highest BCUT2D eigenvalue weighted by Gasteiger charge is 2.36. The van der Waals surface area contributed by atoms with Crippen molar-refractivity contribution in [3.05, 3.63) is 75.4 Å². The van der Waals surface area contributed by atoms with Crippen LogP contribution >= 0.6 is 0 Å². The summed E-state index contributed by atoms with van der Waals surface area (Å²) in [5, 5.41) is 3.08. The fourth-order valence-electron chi connectivity index (χ4n) is 7.90. The summed E-state index contributed by atoms with van der Waals surface area (Å²) < 4.78 is 27.0. The van der Waals surface area contributed by atoms with E-state index in [-0.39, 0.29) is 36.6 Å². The molecule has 14 nitrogen and oxygen atoms in total. The molecule has 0 aromatic carbocycles. The van der Waals surface area contributed by atoms with Crippen molar-refractivity contribution in [1.82, 2.24) is 25.3 Å². The Bertz CT molecular complexity index is 2240. The van der Waals surface area contributed by atoms with Gasteiger partial charge in [-0.15, -0.1) is 0 Å². The molecule has 324 valence electrons. The van der Waals surface area contributed by atoms with Crippen LogP contribution < -0.4 is 11.1 Å². The van der Waals surface area contributed by atoms with Gasteiger partial charge in [-0.2, -0.15) is 0 Å². The minimum Gasteiger partial charge on any atom is -0.469 e. The number of aromatic amines is 2. The lowest BCUT2D eigenvalue weighted by atomic mass is 9.84. The molecule has 0 fully saturated rings. The lowest BCUT2D eigenvalue weighted by molar-refractivity contribution is -0.141. The van der Waals surface area contributed by atoms with Crippen LogP contribution in [-0.2, 0) is 50.9 Å². The normalized spacial score (nSPS) is 15.0. The molecule has 5 N–H and O–H groups in total. The van der Waals surface area contributed by atoms with Gasteiger partial charge in [0.05, 0.1) is 69.7 Å². The van der Waals surface area contributed by atoms with Crippen LogP contribution in [0, 0.1) is 13.8 Å². The maximum Gasteiger partial charge on any atom is 0.310 e. The number of rotatable bonds is 21. The van der Waals surface area contributed by atoms with Crippen molar-refractivity contribution in [3.8, 4) is 0 Å². The van der Waals surface area contributed by atoms with Gasteiger partial charge in [0.2, 0.25) is 0 Å². The van der Waals surface area contributed by atoms with Gasteiger partial charge in [-0.05, 0) is 93.5 Å². The maximum atomic E-state index is 14.4. The number of carbonyl (C=O) groups is 3. The molecule has 3 aromatic heterocycles. The number of aromatic nitrogens is 4. The van der Waals surface area contributed by atoms with Crippen LogP contribution in [-0.4, -0.2) is 105 Å². The Hall–Kier alpha value is -5.15. The minimum atomic E-state index is -0.509. The van der Waals surface area contributed by atoms with Gasteiger partial charge in [-0.25, -0.2) is 4.98 Å². The van der Waals surface area contributed by atoms with Crippen molar-refractivity contribution in [2.75, 3.05) is 67.0 Å². The summed E-state index contributed by atoms with van der Waals surface area (Å²) in [6.45, 7) is 18.2. The molecule has 1 amide bonds. The van der Waals surface area contributed by atoms with Gasteiger partial charge >= 0.3 is 11.9 Å². The third-order valence-electron chi connectivity index (χ3n) is 11.4. The number of H-pyrrole nitrogens is 2. The highest BCUT2D eigenvalue weighted by Crippen LogP contribution is 2.44. The van der Waals surface area contributed by atoms with E-state index in [1.54, 1.807) is 0 Å². The molecule has 2 atom stereocenters. The Morgan fingerprint density at radius 1 is 0.833 bits per heavy atom. The van der Waals surface area contributed by atoms with Crippen molar-refractivity contribution in [2.24, 2.45) is 5.73 Å². The molecular weight excluding hydrogens is 765 g/mol. The number of ether oxygens (including phenoxy) is 5. The summed E-state index contributed by atoms with van der Waals surface area (Å²) >= 11 is 0. The molecule has 0 saturated heterocycles. The van der Waals surface area contributed by atoms with E-state index in [2.05, 4.69) is 48.7 Å². The lowest BCUT2D eigenvalue weighted by Gasteiger charge is -2.18. The molecule has 3 aromatic rings.